The van der Waals surface area contributed by atoms with E-state index >= 15 is 0 Å². The summed E-state index contributed by atoms with van der Waals surface area (Å²) >= 11 is 0. The minimum Gasteiger partial charge on any atom is -0.369 e. The van der Waals surface area contributed by atoms with Crippen molar-refractivity contribution in [2.75, 3.05) is 24.5 Å². The van der Waals surface area contributed by atoms with Crippen LogP contribution in [0.2, 0.25) is 0 Å². The summed E-state index contributed by atoms with van der Waals surface area (Å²) in [4.78, 5) is 6.87. The zero-order valence-corrected chi connectivity index (χ0v) is 13.4. The first-order chi connectivity index (χ1) is 9.56. The molecule has 2 heterocycles. The van der Waals surface area contributed by atoms with E-state index in [2.05, 4.69) is 49.0 Å². The minimum atomic E-state index is 0.690. The lowest BCUT2D eigenvalue weighted by Crippen LogP contribution is -2.39. The fourth-order valence-corrected chi connectivity index (χ4v) is 3.20. The predicted octanol–water partition coefficient (Wildman–Crippen LogP) is 3.31. The predicted molar refractivity (Wildman–Crippen MR) is 85.9 cm³/mol. The standard InChI is InChI=1S/C17H29N3/c1-13(2)8-19-9-16-5-6-18-10-17(16)20-11-14(3)7-15(4)12-20/h5-6,10,13-15,19H,7-9,11-12H2,1-4H3. The first kappa shape index (κ1) is 15.3. The summed E-state index contributed by atoms with van der Waals surface area (Å²) in [6.07, 6.45) is 5.29. The lowest BCUT2D eigenvalue weighted by molar-refractivity contribution is 0.356. The molecule has 2 unspecified atom stereocenters. The average molecular weight is 275 g/mol. The molecule has 0 amide bonds. The number of piperidine rings is 1. The molecular weight excluding hydrogens is 246 g/mol. The molecule has 0 bridgehead atoms. The van der Waals surface area contributed by atoms with Crippen molar-refractivity contribution < 1.29 is 0 Å². The molecule has 1 N–H and O–H groups in total. The van der Waals surface area contributed by atoms with Gasteiger partial charge in [-0.25, -0.2) is 0 Å². The highest BCUT2D eigenvalue weighted by Crippen LogP contribution is 2.28. The van der Waals surface area contributed by atoms with Crippen molar-refractivity contribution in [3.8, 4) is 0 Å². The van der Waals surface area contributed by atoms with Crippen LogP contribution in [0.4, 0.5) is 5.69 Å². The Morgan fingerprint density at radius 3 is 2.65 bits per heavy atom. The molecule has 1 fully saturated rings. The van der Waals surface area contributed by atoms with Crippen LogP contribution in [-0.2, 0) is 6.54 Å². The van der Waals surface area contributed by atoms with Gasteiger partial charge < -0.3 is 10.2 Å². The molecule has 2 atom stereocenters. The summed E-state index contributed by atoms with van der Waals surface area (Å²) < 4.78 is 0. The highest BCUT2D eigenvalue weighted by atomic mass is 15.1. The van der Waals surface area contributed by atoms with Crippen LogP contribution in [0.1, 0.15) is 39.7 Å². The Kier molecular flexibility index (Phi) is 5.41. The first-order valence-corrected chi connectivity index (χ1v) is 7.94. The van der Waals surface area contributed by atoms with Gasteiger partial charge in [-0.05, 0) is 42.3 Å². The van der Waals surface area contributed by atoms with Gasteiger partial charge in [0, 0.05) is 25.8 Å². The van der Waals surface area contributed by atoms with E-state index in [1.807, 2.05) is 12.4 Å². The second-order valence-corrected chi connectivity index (χ2v) is 6.88. The summed E-state index contributed by atoms with van der Waals surface area (Å²) in [5.41, 5.74) is 2.70. The fourth-order valence-electron chi connectivity index (χ4n) is 3.20. The Bertz CT molecular complexity index is 406. The van der Waals surface area contributed by atoms with Crippen LogP contribution in [0, 0.1) is 17.8 Å². The maximum absolute atomic E-state index is 4.34. The lowest BCUT2D eigenvalue weighted by atomic mass is 9.91. The van der Waals surface area contributed by atoms with Crippen LogP contribution in [0.25, 0.3) is 0 Å². The van der Waals surface area contributed by atoms with Gasteiger partial charge in [-0.2, -0.15) is 0 Å². The molecule has 2 rings (SSSR count). The number of nitrogens with one attached hydrogen (secondary N) is 1. The Morgan fingerprint density at radius 2 is 2.00 bits per heavy atom. The third-order valence-electron chi connectivity index (χ3n) is 3.97. The van der Waals surface area contributed by atoms with Crippen molar-refractivity contribution in [3.63, 3.8) is 0 Å². The van der Waals surface area contributed by atoms with Crippen LogP contribution in [0.3, 0.4) is 0 Å². The summed E-state index contributed by atoms with van der Waals surface area (Å²) in [6, 6.07) is 2.16. The third-order valence-corrected chi connectivity index (χ3v) is 3.97. The number of aromatic nitrogens is 1. The average Bonchev–Trinajstić information content (AvgIpc) is 2.37. The Balaban J connectivity index is 2.06. The smallest absolute Gasteiger partial charge is 0.0598 e. The number of anilines is 1. The van der Waals surface area contributed by atoms with E-state index in [-0.39, 0.29) is 0 Å². The number of hydrogen-bond acceptors (Lipinski definition) is 3. The van der Waals surface area contributed by atoms with E-state index < -0.39 is 0 Å². The molecular formula is C17H29N3. The van der Waals surface area contributed by atoms with E-state index in [4.69, 9.17) is 0 Å². The second kappa shape index (κ2) is 7.07. The SMILES string of the molecule is CC(C)CNCc1ccncc1N1CC(C)CC(C)C1. The van der Waals surface area contributed by atoms with Crippen molar-refractivity contribution in [2.45, 2.75) is 40.7 Å². The van der Waals surface area contributed by atoms with Crippen LogP contribution in [0.15, 0.2) is 18.5 Å². The van der Waals surface area contributed by atoms with Crippen molar-refractivity contribution in [2.24, 2.45) is 17.8 Å². The van der Waals surface area contributed by atoms with Crippen LogP contribution in [0.5, 0.6) is 0 Å². The molecule has 0 saturated carbocycles. The van der Waals surface area contributed by atoms with Crippen LogP contribution in [-0.4, -0.2) is 24.6 Å². The number of hydrogen-bond donors (Lipinski definition) is 1. The molecule has 0 radical (unpaired) electrons. The van der Waals surface area contributed by atoms with Gasteiger partial charge in [-0.3, -0.25) is 4.98 Å². The highest BCUT2D eigenvalue weighted by molar-refractivity contribution is 5.52. The van der Waals surface area contributed by atoms with Gasteiger partial charge in [0.1, 0.15) is 0 Å². The number of pyridine rings is 1. The van der Waals surface area contributed by atoms with Gasteiger partial charge >= 0.3 is 0 Å². The van der Waals surface area contributed by atoms with E-state index in [0.29, 0.717) is 5.92 Å². The molecule has 0 aromatic carbocycles. The topological polar surface area (TPSA) is 28.2 Å². The molecule has 112 valence electrons. The Morgan fingerprint density at radius 1 is 1.30 bits per heavy atom. The largest absolute Gasteiger partial charge is 0.369 e. The Labute approximate surface area is 123 Å². The van der Waals surface area contributed by atoms with Crippen molar-refractivity contribution in [3.05, 3.63) is 24.0 Å². The summed E-state index contributed by atoms with van der Waals surface area (Å²) in [5.74, 6) is 2.24. The molecule has 1 saturated heterocycles. The van der Waals surface area contributed by atoms with Crippen molar-refractivity contribution in [1.82, 2.24) is 10.3 Å². The molecule has 1 aromatic rings. The van der Waals surface area contributed by atoms with Gasteiger partial charge in [0.05, 0.1) is 11.9 Å². The molecule has 0 aliphatic carbocycles. The molecule has 20 heavy (non-hydrogen) atoms. The summed E-state index contributed by atoms with van der Waals surface area (Å²) in [7, 11) is 0. The fraction of sp³-hybridized carbons (Fsp3) is 0.706. The van der Waals surface area contributed by atoms with E-state index in [9.17, 15) is 0 Å². The van der Waals surface area contributed by atoms with E-state index in [0.717, 1.165) is 38.0 Å². The maximum Gasteiger partial charge on any atom is 0.0598 e. The summed E-state index contributed by atoms with van der Waals surface area (Å²) in [5, 5.41) is 3.55. The van der Waals surface area contributed by atoms with Gasteiger partial charge in [-0.15, -0.1) is 0 Å². The maximum atomic E-state index is 4.34. The van der Waals surface area contributed by atoms with Crippen LogP contribution < -0.4 is 10.2 Å². The molecule has 3 nitrogen and oxygen atoms in total. The molecule has 0 spiro atoms. The van der Waals surface area contributed by atoms with Crippen LogP contribution >= 0.6 is 0 Å². The van der Waals surface area contributed by atoms with Gasteiger partial charge in [-0.1, -0.05) is 27.7 Å². The van der Waals surface area contributed by atoms with Gasteiger partial charge in [0.15, 0.2) is 0 Å². The van der Waals surface area contributed by atoms with Gasteiger partial charge in [0.25, 0.3) is 0 Å². The lowest BCUT2D eigenvalue weighted by Gasteiger charge is -2.37. The number of rotatable bonds is 5. The Hall–Kier alpha value is -1.09. The molecule has 1 aliphatic rings. The zero-order chi connectivity index (χ0) is 14.5. The third kappa shape index (κ3) is 4.20. The summed E-state index contributed by atoms with van der Waals surface area (Å²) in [6.45, 7) is 13.5. The minimum absolute atomic E-state index is 0.690. The highest BCUT2D eigenvalue weighted by Gasteiger charge is 2.23. The number of nitrogens with zero attached hydrogens (tertiary/aromatic N) is 2. The van der Waals surface area contributed by atoms with E-state index in [1.165, 1.54) is 17.7 Å². The molecule has 1 aliphatic heterocycles. The molecule has 1 aromatic heterocycles. The van der Waals surface area contributed by atoms with Crippen molar-refractivity contribution >= 4 is 5.69 Å². The second-order valence-electron chi connectivity index (χ2n) is 6.88. The quantitative estimate of drug-likeness (QED) is 0.893. The zero-order valence-electron chi connectivity index (χ0n) is 13.4. The van der Waals surface area contributed by atoms with E-state index in [1.54, 1.807) is 0 Å². The van der Waals surface area contributed by atoms with Crippen molar-refractivity contribution in [1.29, 1.82) is 0 Å². The normalized spacial score (nSPS) is 23.4. The first-order valence-electron chi connectivity index (χ1n) is 7.94. The molecule has 3 heteroatoms. The monoisotopic (exact) mass is 275 g/mol. The van der Waals surface area contributed by atoms with Gasteiger partial charge in [0.2, 0.25) is 0 Å².